The van der Waals surface area contributed by atoms with Crippen LogP contribution in [0.5, 0.6) is 5.75 Å². The van der Waals surface area contributed by atoms with E-state index in [4.69, 9.17) is 0 Å². The summed E-state index contributed by atoms with van der Waals surface area (Å²) in [6, 6.07) is 1.95. The van der Waals surface area contributed by atoms with Crippen molar-refractivity contribution in [3.8, 4) is 28.7 Å². The Kier molecular flexibility index (Phi) is 8.37. The molecule has 12 heteroatoms. The summed E-state index contributed by atoms with van der Waals surface area (Å²) < 4.78 is 132. The maximum Gasteiger partial charge on any atom is 0.432 e. The third-order valence-electron chi connectivity index (χ3n) is 5.53. The molecule has 0 amide bonds. The van der Waals surface area contributed by atoms with E-state index in [-0.39, 0.29) is 35.7 Å². The summed E-state index contributed by atoms with van der Waals surface area (Å²) in [5, 5.41) is 0. The van der Waals surface area contributed by atoms with Gasteiger partial charge in [-0.2, -0.15) is 8.78 Å². The SMILES string of the molecule is C=CCCc1cnc(C#Cc2cc(F)c(C(F)(F)Oc3cc(F)c(-c4cc(F)c(F)c(F)c4)c(F)c3)c(F)c2)nc1. The van der Waals surface area contributed by atoms with E-state index in [0.29, 0.717) is 25.0 Å². The largest absolute Gasteiger partial charge is 0.432 e. The van der Waals surface area contributed by atoms with Crippen LogP contribution >= 0.6 is 0 Å². The van der Waals surface area contributed by atoms with Crippen molar-refractivity contribution < 1.29 is 44.3 Å². The van der Waals surface area contributed by atoms with Crippen LogP contribution in [0.1, 0.15) is 28.9 Å². The van der Waals surface area contributed by atoms with Crippen molar-refractivity contribution in [1.29, 1.82) is 0 Å². The van der Waals surface area contributed by atoms with Crippen LogP contribution in [0.3, 0.4) is 0 Å². The minimum Gasteiger partial charge on any atom is -0.429 e. The zero-order valence-corrected chi connectivity index (χ0v) is 20.5. The first kappa shape index (κ1) is 29.2. The number of aryl methyl sites for hydroxylation is 1. The molecule has 0 spiro atoms. The summed E-state index contributed by atoms with van der Waals surface area (Å²) in [5.41, 5.74) is -3.30. The Morgan fingerprint density at radius 3 is 1.85 bits per heavy atom. The number of rotatable bonds is 7. The normalized spacial score (nSPS) is 11.1. The van der Waals surface area contributed by atoms with Crippen LogP contribution < -0.4 is 4.74 Å². The average Bonchev–Trinajstić information content (AvgIpc) is 2.88. The predicted octanol–water partition coefficient (Wildman–Crippen LogP) is 7.76. The Labute approximate surface area is 227 Å². The first-order valence-electron chi connectivity index (χ1n) is 11.5. The lowest BCUT2D eigenvalue weighted by atomic mass is 10.0. The second-order valence-corrected chi connectivity index (χ2v) is 8.44. The zero-order valence-electron chi connectivity index (χ0n) is 20.5. The molecule has 1 aromatic heterocycles. The van der Waals surface area contributed by atoms with Gasteiger partial charge in [-0.25, -0.2) is 40.7 Å². The summed E-state index contributed by atoms with van der Waals surface area (Å²) in [6.45, 7) is 3.60. The van der Waals surface area contributed by atoms with Gasteiger partial charge in [-0.1, -0.05) is 12.0 Å². The highest BCUT2D eigenvalue weighted by molar-refractivity contribution is 5.66. The molecule has 0 radical (unpaired) electrons. The van der Waals surface area contributed by atoms with Crippen LogP contribution in [0.4, 0.5) is 39.5 Å². The zero-order chi connectivity index (χ0) is 29.9. The van der Waals surface area contributed by atoms with Crippen LogP contribution in [0.15, 0.2) is 61.4 Å². The Balaban J connectivity index is 1.58. The molecular weight excluding hydrogens is 563 g/mol. The minimum atomic E-state index is -4.78. The van der Waals surface area contributed by atoms with Crippen molar-refractivity contribution in [2.75, 3.05) is 0 Å². The van der Waals surface area contributed by atoms with E-state index in [1.54, 1.807) is 6.08 Å². The number of ether oxygens (including phenoxy) is 1. The van der Waals surface area contributed by atoms with Crippen LogP contribution in [-0.4, -0.2) is 9.97 Å². The molecule has 41 heavy (non-hydrogen) atoms. The molecular formula is C29H15F9N2O. The van der Waals surface area contributed by atoms with Crippen LogP contribution in [0.25, 0.3) is 11.1 Å². The van der Waals surface area contributed by atoms with Gasteiger partial charge in [0.15, 0.2) is 17.5 Å². The van der Waals surface area contributed by atoms with Crippen molar-refractivity contribution in [3.05, 3.63) is 125 Å². The molecule has 0 saturated heterocycles. The smallest absolute Gasteiger partial charge is 0.429 e. The van der Waals surface area contributed by atoms with Gasteiger partial charge in [0, 0.05) is 30.1 Å². The molecule has 0 saturated carbocycles. The van der Waals surface area contributed by atoms with E-state index in [2.05, 4.69) is 33.1 Å². The van der Waals surface area contributed by atoms with E-state index in [1.165, 1.54) is 12.4 Å². The standard InChI is InChI=1S/C29H15F9N2O/c1-2-3-4-16-13-39-25(40-14-16)6-5-15-7-21(32)27(22(33)8-15)29(37,38)41-18-11-19(30)26(20(31)12-18)17-9-23(34)28(36)24(35)10-17/h2,7-14H,1,3-4H2. The fourth-order valence-electron chi connectivity index (χ4n) is 3.65. The first-order chi connectivity index (χ1) is 19.4. The minimum absolute atomic E-state index is 0.00419. The van der Waals surface area contributed by atoms with Gasteiger partial charge in [0.05, 0.1) is 5.56 Å². The summed E-state index contributed by atoms with van der Waals surface area (Å²) in [4.78, 5) is 7.97. The van der Waals surface area contributed by atoms with Crippen LogP contribution in [0.2, 0.25) is 0 Å². The molecule has 0 atom stereocenters. The van der Waals surface area contributed by atoms with Gasteiger partial charge in [0.1, 0.15) is 34.6 Å². The van der Waals surface area contributed by atoms with E-state index in [9.17, 15) is 39.5 Å². The summed E-state index contributed by atoms with van der Waals surface area (Å²) in [6.07, 6.45) is 1.27. The van der Waals surface area contributed by atoms with Gasteiger partial charge in [-0.15, -0.1) is 6.58 Å². The van der Waals surface area contributed by atoms with Gasteiger partial charge >= 0.3 is 6.11 Å². The summed E-state index contributed by atoms with van der Waals surface area (Å²) in [5.74, 6) is -8.66. The van der Waals surface area contributed by atoms with Gasteiger partial charge in [0.2, 0.25) is 5.82 Å². The molecule has 210 valence electrons. The Hall–Kier alpha value is -4.79. The maximum atomic E-state index is 14.8. The van der Waals surface area contributed by atoms with Crippen molar-refractivity contribution >= 4 is 0 Å². The molecule has 3 aromatic carbocycles. The summed E-state index contributed by atoms with van der Waals surface area (Å²) >= 11 is 0. The molecule has 0 aliphatic heterocycles. The van der Waals surface area contributed by atoms with E-state index in [1.807, 2.05) is 0 Å². The van der Waals surface area contributed by atoms with Gasteiger partial charge in [-0.05, 0) is 54.2 Å². The van der Waals surface area contributed by atoms with Crippen molar-refractivity contribution in [3.63, 3.8) is 0 Å². The van der Waals surface area contributed by atoms with E-state index < -0.39 is 69.3 Å². The molecule has 3 nitrogen and oxygen atoms in total. The Bertz CT molecular complexity index is 1620. The number of aromatic nitrogens is 2. The van der Waals surface area contributed by atoms with Gasteiger partial charge < -0.3 is 4.74 Å². The first-order valence-corrected chi connectivity index (χ1v) is 11.5. The molecule has 0 bridgehead atoms. The molecule has 0 unspecified atom stereocenters. The second-order valence-electron chi connectivity index (χ2n) is 8.44. The van der Waals surface area contributed by atoms with Crippen LogP contribution in [-0.2, 0) is 12.5 Å². The van der Waals surface area contributed by atoms with Crippen molar-refractivity contribution in [1.82, 2.24) is 9.97 Å². The van der Waals surface area contributed by atoms with E-state index >= 15 is 0 Å². The molecule has 0 fully saturated rings. The fraction of sp³-hybridized carbons (Fsp3) is 0.103. The van der Waals surface area contributed by atoms with Crippen molar-refractivity contribution in [2.24, 2.45) is 0 Å². The topological polar surface area (TPSA) is 35.0 Å². The highest BCUT2D eigenvalue weighted by Gasteiger charge is 2.41. The monoisotopic (exact) mass is 578 g/mol. The fourth-order valence-corrected chi connectivity index (χ4v) is 3.65. The number of benzene rings is 3. The molecule has 1 heterocycles. The highest BCUT2D eigenvalue weighted by atomic mass is 19.3. The molecule has 0 N–H and O–H groups in total. The number of allylic oxidation sites excluding steroid dienone is 1. The lowest BCUT2D eigenvalue weighted by Gasteiger charge is -2.20. The number of alkyl halides is 2. The Morgan fingerprint density at radius 2 is 1.32 bits per heavy atom. The molecule has 0 aliphatic carbocycles. The second kappa shape index (κ2) is 11.8. The van der Waals surface area contributed by atoms with E-state index in [0.717, 1.165) is 5.56 Å². The number of nitrogens with zero attached hydrogens (tertiary/aromatic N) is 2. The van der Waals surface area contributed by atoms with Crippen LogP contribution in [0, 0.1) is 52.6 Å². The predicted molar refractivity (Wildman–Crippen MR) is 129 cm³/mol. The molecule has 4 aromatic rings. The molecule has 4 rings (SSSR count). The lowest BCUT2D eigenvalue weighted by Crippen LogP contribution is -2.25. The number of hydrogen-bond acceptors (Lipinski definition) is 3. The number of hydrogen-bond donors (Lipinski definition) is 0. The third kappa shape index (κ3) is 6.51. The van der Waals surface area contributed by atoms with Crippen molar-refractivity contribution in [2.45, 2.75) is 19.0 Å². The third-order valence-corrected chi connectivity index (χ3v) is 5.53. The lowest BCUT2D eigenvalue weighted by molar-refractivity contribution is -0.189. The number of halogens is 9. The highest BCUT2D eigenvalue weighted by Crippen LogP contribution is 2.38. The van der Waals surface area contributed by atoms with Gasteiger partial charge in [-0.3, -0.25) is 0 Å². The average molecular weight is 578 g/mol. The molecule has 0 aliphatic rings. The quantitative estimate of drug-likeness (QED) is 0.0974. The summed E-state index contributed by atoms with van der Waals surface area (Å²) in [7, 11) is 0. The van der Waals surface area contributed by atoms with Gasteiger partial charge in [0.25, 0.3) is 0 Å². The maximum absolute atomic E-state index is 14.8. The Morgan fingerprint density at radius 1 is 0.756 bits per heavy atom.